The fourth-order valence-corrected chi connectivity index (χ4v) is 7.91. The summed E-state index contributed by atoms with van der Waals surface area (Å²) >= 11 is 0. The van der Waals surface area contributed by atoms with Gasteiger partial charge in [-0.1, -0.05) is 199 Å². The van der Waals surface area contributed by atoms with Gasteiger partial charge in [0.15, 0.2) is 6.10 Å². The molecule has 0 saturated heterocycles. The van der Waals surface area contributed by atoms with Crippen molar-refractivity contribution in [3.8, 4) is 0 Å². The molecule has 6 nitrogen and oxygen atoms in total. The Kier molecular flexibility index (Phi) is 49.0. The van der Waals surface area contributed by atoms with Gasteiger partial charge in [0.05, 0.1) is 11.5 Å². The minimum absolute atomic E-state index is 0.00867. The lowest BCUT2D eigenvalue weighted by Crippen LogP contribution is -2.28. The zero-order valence-corrected chi connectivity index (χ0v) is 42.6. The Morgan fingerprint density at radius 3 is 1.17 bits per heavy atom. The number of carbonyl (C=O) groups excluding carboxylic acids is 2. The van der Waals surface area contributed by atoms with Gasteiger partial charge in [0, 0.05) is 25.7 Å². The van der Waals surface area contributed by atoms with Gasteiger partial charge in [0.1, 0.15) is 19.3 Å². The third-order valence-electron chi connectivity index (χ3n) is 12.1. The molecule has 0 N–H and O–H groups in total. The second-order valence-corrected chi connectivity index (χ2v) is 18.5. The van der Waals surface area contributed by atoms with E-state index in [0.717, 1.165) is 101 Å². The molecule has 0 fully saturated rings. The lowest BCUT2D eigenvalue weighted by molar-refractivity contribution is -0.154. The first-order valence-corrected chi connectivity index (χ1v) is 27.3. The van der Waals surface area contributed by atoms with E-state index >= 15 is 0 Å². The monoisotopic (exact) mass is 897 g/mol. The van der Waals surface area contributed by atoms with Crippen molar-refractivity contribution in [2.75, 3.05) is 13.2 Å². The minimum Gasteiger partial charge on any atom is -0.495 e. The van der Waals surface area contributed by atoms with Crippen LogP contribution < -0.4 is 0 Å². The van der Waals surface area contributed by atoms with Gasteiger partial charge < -0.3 is 18.9 Å². The van der Waals surface area contributed by atoms with E-state index in [4.69, 9.17) is 18.9 Å². The molecular weight excluding hydrogens is 793 g/mol. The number of unbranched alkanes of at least 4 members (excludes halogenated alkanes) is 28. The van der Waals surface area contributed by atoms with Crippen molar-refractivity contribution in [1.29, 1.82) is 0 Å². The van der Waals surface area contributed by atoms with Crippen LogP contribution in [0.3, 0.4) is 0 Å². The van der Waals surface area contributed by atoms with Gasteiger partial charge in [-0.05, 0) is 96.3 Å². The van der Waals surface area contributed by atoms with Crippen molar-refractivity contribution >= 4 is 12.4 Å². The number of carbonyl (C=O) groups is 2. The molecule has 372 valence electrons. The highest BCUT2D eigenvalue weighted by atomic mass is 16.6. The maximum Gasteiger partial charge on any atom is 0.306 e. The van der Waals surface area contributed by atoms with E-state index in [1.54, 1.807) is 0 Å². The summed E-state index contributed by atoms with van der Waals surface area (Å²) in [5, 5.41) is 0. The predicted octanol–water partition coefficient (Wildman–Crippen LogP) is 18.4. The molecule has 0 aromatic heterocycles. The molecule has 64 heavy (non-hydrogen) atoms. The molecule has 0 spiro atoms. The molecule has 0 heterocycles. The maximum atomic E-state index is 12.9. The van der Waals surface area contributed by atoms with Gasteiger partial charge in [0.2, 0.25) is 0 Å². The van der Waals surface area contributed by atoms with E-state index in [2.05, 4.69) is 70.4 Å². The first kappa shape index (κ1) is 61.2. The molecule has 0 aliphatic rings. The molecule has 0 bridgehead atoms. The Morgan fingerprint density at radius 2 is 0.766 bits per heavy atom. The lowest BCUT2D eigenvalue weighted by Gasteiger charge is -2.21. The van der Waals surface area contributed by atoms with Crippen LogP contribution in [0.25, 0.3) is 0 Å². The largest absolute Gasteiger partial charge is 0.495 e. The normalized spacial score (nSPS) is 12.6. The number of esters is 1. The lowest BCUT2D eigenvalue weighted by atomic mass is 10.1. The van der Waals surface area contributed by atoms with Crippen molar-refractivity contribution < 1.29 is 28.5 Å². The van der Waals surface area contributed by atoms with E-state index in [0.29, 0.717) is 12.9 Å². The Morgan fingerprint density at radius 1 is 0.422 bits per heavy atom. The van der Waals surface area contributed by atoms with Crippen LogP contribution in [0.4, 0.5) is 0 Å². The van der Waals surface area contributed by atoms with E-state index in [1.165, 1.54) is 154 Å². The molecule has 0 saturated carbocycles. The van der Waals surface area contributed by atoms with Crippen LogP contribution >= 0.6 is 0 Å². The molecular formula is C58H104O6. The number of rotatable bonds is 52. The SMILES string of the molecule is C=C(CCCCCCC/C=C\CCCCCCCC)OCC(COC(=C)CCCCCCC/C=C\CC(CCCCCC)OC=O)OC(=O)CCCCCC/C=C\CCCCCCC. The van der Waals surface area contributed by atoms with E-state index in [9.17, 15) is 9.59 Å². The van der Waals surface area contributed by atoms with Crippen LogP contribution in [0.1, 0.15) is 271 Å². The molecule has 0 aromatic carbocycles. The predicted molar refractivity (Wildman–Crippen MR) is 276 cm³/mol. The van der Waals surface area contributed by atoms with Crippen molar-refractivity contribution in [3.63, 3.8) is 0 Å². The van der Waals surface area contributed by atoms with Gasteiger partial charge >= 0.3 is 5.97 Å². The summed E-state index contributed by atoms with van der Waals surface area (Å²) in [6.45, 7) is 16.2. The summed E-state index contributed by atoms with van der Waals surface area (Å²) in [4.78, 5) is 23.8. The van der Waals surface area contributed by atoms with Crippen molar-refractivity contribution in [2.24, 2.45) is 0 Å². The summed E-state index contributed by atoms with van der Waals surface area (Å²) in [6.07, 6.45) is 58.5. The molecule has 6 heteroatoms. The average Bonchev–Trinajstić information content (AvgIpc) is 3.29. The number of hydrogen-bond acceptors (Lipinski definition) is 6. The van der Waals surface area contributed by atoms with Crippen molar-refractivity contribution in [2.45, 2.75) is 283 Å². The Hall–Kier alpha value is -2.76. The highest BCUT2D eigenvalue weighted by Crippen LogP contribution is 2.18. The van der Waals surface area contributed by atoms with Gasteiger partial charge in [-0.2, -0.15) is 0 Å². The Balaban J connectivity index is 4.49. The fourth-order valence-electron chi connectivity index (χ4n) is 7.91. The second-order valence-electron chi connectivity index (χ2n) is 18.5. The van der Waals surface area contributed by atoms with Crippen LogP contribution in [0, 0.1) is 0 Å². The summed E-state index contributed by atoms with van der Waals surface area (Å²) in [7, 11) is 0. The van der Waals surface area contributed by atoms with Gasteiger partial charge in [-0.25, -0.2) is 0 Å². The van der Waals surface area contributed by atoms with E-state index in [-0.39, 0.29) is 25.3 Å². The average molecular weight is 897 g/mol. The number of ether oxygens (including phenoxy) is 4. The maximum absolute atomic E-state index is 12.9. The molecule has 0 aliphatic heterocycles. The fraction of sp³-hybridized carbons (Fsp3) is 0.793. The van der Waals surface area contributed by atoms with Gasteiger partial charge in [0.25, 0.3) is 6.47 Å². The highest BCUT2D eigenvalue weighted by Gasteiger charge is 2.17. The van der Waals surface area contributed by atoms with Crippen LogP contribution in [0.2, 0.25) is 0 Å². The minimum atomic E-state index is -0.489. The van der Waals surface area contributed by atoms with Crippen LogP contribution in [-0.2, 0) is 28.5 Å². The van der Waals surface area contributed by atoms with E-state index in [1.807, 2.05) is 0 Å². The zero-order chi connectivity index (χ0) is 46.7. The standard InChI is InChI=1S/C58H104O6/c1-6-9-12-15-17-19-21-23-24-26-27-29-33-37-41-46-54(4)61-51-57(64-58(60)50-45-40-36-30-28-25-22-20-18-16-13-10-7-2)52-62-55(5)47-42-38-34-31-32-35-39-44-49-56(63-53-59)48-43-14-11-8-3/h22-25,39,44,53,56-57H,4-21,26-38,40-43,45-52H2,1-3H3/b24-23-,25-22-,44-39-. The topological polar surface area (TPSA) is 71.1 Å². The van der Waals surface area contributed by atoms with E-state index < -0.39 is 6.10 Å². The molecule has 0 rings (SSSR count). The first-order chi connectivity index (χ1) is 31.5. The smallest absolute Gasteiger partial charge is 0.306 e. The summed E-state index contributed by atoms with van der Waals surface area (Å²) in [6, 6.07) is 0. The molecule has 2 atom stereocenters. The van der Waals surface area contributed by atoms with Crippen LogP contribution in [0.15, 0.2) is 61.1 Å². The van der Waals surface area contributed by atoms with Crippen molar-refractivity contribution in [3.05, 3.63) is 61.1 Å². The molecule has 0 radical (unpaired) electrons. The van der Waals surface area contributed by atoms with Gasteiger partial charge in [-0.3, -0.25) is 9.59 Å². The third kappa shape index (κ3) is 47.2. The Labute approximate surface area is 397 Å². The quantitative estimate of drug-likeness (QED) is 0.0199. The zero-order valence-electron chi connectivity index (χ0n) is 42.6. The molecule has 0 amide bonds. The van der Waals surface area contributed by atoms with Gasteiger partial charge in [-0.15, -0.1) is 0 Å². The summed E-state index contributed by atoms with van der Waals surface area (Å²) in [5.41, 5.74) is 0. The summed E-state index contributed by atoms with van der Waals surface area (Å²) in [5.74, 6) is 1.32. The molecule has 0 aliphatic carbocycles. The summed E-state index contributed by atoms with van der Waals surface area (Å²) < 4.78 is 23.3. The van der Waals surface area contributed by atoms with Crippen molar-refractivity contribution in [1.82, 2.24) is 0 Å². The molecule has 2 unspecified atom stereocenters. The van der Waals surface area contributed by atoms with Crippen LogP contribution in [0.5, 0.6) is 0 Å². The third-order valence-corrected chi connectivity index (χ3v) is 12.1. The second kappa shape index (κ2) is 51.2. The number of hydrogen-bond donors (Lipinski definition) is 0. The van der Waals surface area contributed by atoms with Crippen LogP contribution in [-0.4, -0.2) is 37.9 Å². The number of allylic oxidation sites excluding steroid dienone is 7. The Bertz CT molecular complexity index is 1120. The molecule has 0 aromatic rings. The highest BCUT2D eigenvalue weighted by molar-refractivity contribution is 5.69. The first-order valence-electron chi connectivity index (χ1n) is 27.3.